The highest BCUT2D eigenvalue weighted by atomic mass is 32.2. The zero-order chi connectivity index (χ0) is 22.4. The summed E-state index contributed by atoms with van der Waals surface area (Å²) in [6, 6.07) is 7.32. The van der Waals surface area contributed by atoms with E-state index < -0.39 is 36.0 Å². The third kappa shape index (κ3) is 3.60. The van der Waals surface area contributed by atoms with Gasteiger partial charge in [-0.3, -0.25) is 9.11 Å². The van der Waals surface area contributed by atoms with Crippen LogP contribution in [-0.4, -0.2) is 43.6 Å². The summed E-state index contributed by atoms with van der Waals surface area (Å²) in [5, 5.41) is 9.15. The number of nitrogens with two attached hydrogens (primary N) is 1. The number of nitrogens with zero attached hydrogens (tertiary/aromatic N) is 2. The first-order chi connectivity index (χ1) is 13.9. The van der Waals surface area contributed by atoms with Gasteiger partial charge in [-0.25, -0.2) is 4.79 Å². The van der Waals surface area contributed by atoms with Crippen LogP contribution in [0.2, 0.25) is 0 Å². The molecule has 13 heteroatoms. The number of ether oxygens (including phenoxy) is 1. The number of aromatic nitrogens is 1. The fourth-order valence-corrected chi connectivity index (χ4v) is 4.28. The molecule has 4 N–H and O–H groups in total. The molecule has 1 aromatic heterocycles. The molecule has 0 spiro atoms. The second-order valence-corrected chi connectivity index (χ2v) is 8.87. The number of anilines is 1. The predicted octanol–water partition coefficient (Wildman–Crippen LogP) is 1.36. The topological polar surface area (TPSA) is 190 Å². The molecule has 0 fully saturated rings. The van der Waals surface area contributed by atoms with Crippen LogP contribution in [0.1, 0.15) is 16.1 Å². The maximum Gasteiger partial charge on any atom is 0.357 e. The molecule has 0 aliphatic heterocycles. The number of benzene rings is 2. The molecule has 30 heavy (non-hydrogen) atoms. The Morgan fingerprint density at radius 1 is 1.13 bits per heavy atom. The first-order valence-electron chi connectivity index (χ1n) is 7.91. The van der Waals surface area contributed by atoms with Crippen LogP contribution in [0.4, 0.5) is 5.69 Å². The van der Waals surface area contributed by atoms with Crippen molar-refractivity contribution >= 4 is 42.7 Å². The fraction of sp³-hybridized carbons (Fsp3) is 0.0588. The minimum atomic E-state index is -4.84. The van der Waals surface area contributed by atoms with Gasteiger partial charge in [0.15, 0.2) is 5.69 Å². The number of fused-ring (bicyclic) bond motifs is 1. The minimum Gasteiger partial charge on any atom is -0.464 e. The molecule has 0 aliphatic rings. The Morgan fingerprint density at radius 2 is 1.80 bits per heavy atom. The average Bonchev–Trinajstić information content (AvgIpc) is 3.00. The molecule has 0 amide bonds. The van der Waals surface area contributed by atoms with Gasteiger partial charge in [-0.15, -0.1) is 0 Å². The van der Waals surface area contributed by atoms with Crippen molar-refractivity contribution in [2.24, 2.45) is 0 Å². The molecular weight excluding hydrogens is 438 g/mol. The summed E-state index contributed by atoms with van der Waals surface area (Å²) in [6.45, 7) is 0. The van der Waals surface area contributed by atoms with Gasteiger partial charge in [0.2, 0.25) is 0 Å². The summed E-state index contributed by atoms with van der Waals surface area (Å²) in [4.78, 5) is 10.6. The maximum absolute atomic E-state index is 12.1. The molecule has 3 rings (SSSR count). The van der Waals surface area contributed by atoms with E-state index in [0.717, 1.165) is 13.2 Å². The van der Waals surface area contributed by atoms with Crippen molar-refractivity contribution in [1.29, 1.82) is 5.26 Å². The van der Waals surface area contributed by atoms with Crippen LogP contribution in [-0.2, 0) is 25.0 Å². The van der Waals surface area contributed by atoms with Gasteiger partial charge in [0.1, 0.15) is 11.0 Å². The molecule has 0 saturated heterocycles. The van der Waals surface area contributed by atoms with Crippen LogP contribution in [0.25, 0.3) is 16.5 Å². The number of rotatable bonds is 4. The number of nitrogen functional groups attached to an aromatic ring is 1. The fourth-order valence-electron chi connectivity index (χ4n) is 2.93. The minimum absolute atomic E-state index is 0.00292. The van der Waals surface area contributed by atoms with Gasteiger partial charge in [0.05, 0.1) is 23.3 Å². The summed E-state index contributed by atoms with van der Waals surface area (Å²) in [7, 11) is -8.53. The lowest BCUT2D eigenvalue weighted by Crippen LogP contribution is -2.11. The lowest BCUT2D eigenvalue weighted by Gasteiger charge is -2.12. The standard InChI is InChI=1S/C17H13N3O8S2/c1-28-17(21)16-15(19)10(7-18)8-20(16)11-2-3-13-9(4-11)5-12(29(22,23)24)6-14(13)30(25,26)27/h2-6,8H,19H2,1H3,(H,22,23,24)(H,25,26,27). The zero-order valence-electron chi connectivity index (χ0n) is 15.1. The summed E-state index contributed by atoms with van der Waals surface area (Å²) >= 11 is 0. The number of methoxy groups -OCH3 is 1. The van der Waals surface area contributed by atoms with E-state index in [-0.39, 0.29) is 33.4 Å². The van der Waals surface area contributed by atoms with Crippen molar-refractivity contribution in [1.82, 2.24) is 4.57 Å². The van der Waals surface area contributed by atoms with Crippen LogP contribution >= 0.6 is 0 Å². The molecule has 3 aromatic rings. The quantitative estimate of drug-likeness (QED) is 0.385. The van der Waals surface area contributed by atoms with E-state index in [1.54, 1.807) is 0 Å². The summed E-state index contributed by atoms with van der Waals surface area (Å²) in [6.07, 6.45) is 1.25. The van der Waals surface area contributed by atoms with Gasteiger partial charge in [-0.05, 0) is 29.7 Å². The molecule has 11 nitrogen and oxygen atoms in total. The van der Waals surface area contributed by atoms with E-state index in [9.17, 15) is 36.0 Å². The molecule has 0 radical (unpaired) electrons. The molecule has 0 atom stereocenters. The first kappa shape index (κ1) is 21.3. The van der Waals surface area contributed by atoms with Crippen LogP contribution in [0.3, 0.4) is 0 Å². The van der Waals surface area contributed by atoms with E-state index in [1.165, 1.54) is 29.0 Å². The number of carbonyl (C=O) groups is 1. The SMILES string of the molecule is COC(=O)c1c(N)c(C#N)cn1-c1ccc2c(S(=O)(=O)O)cc(S(=O)(=O)O)cc2c1. The number of hydrogen-bond acceptors (Lipinski definition) is 8. The van der Waals surface area contributed by atoms with E-state index in [1.807, 2.05) is 6.07 Å². The van der Waals surface area contributed by atoms with Gasteiger partial charge in [0.25, 0.3) is 20.2 Å². The van der Waals surface area contributed by atoms with Gasteiger partial charge >= 0.3 is 5.97 Å². The summed E-state index contributed by atoms with van der Waals surface area (Å²) in [5.41, 5.74) is 5.69. The second-order valence-electron chi connectivity index (χ2n) is 6.06. The Kier molecular flexibility index (Phi) is 5.04. The summed E-state index contributed by atoms with van der Waals surface area (Å²) < 4.78 is 71.2. The van der Waals surface area contributed by atoms with Crippen molar-refractivity contribution in [2.75, 3.05) is 12.8 Å². The van der Waals surface area contributed by atoms with Crippen LogP contribution in [0.5, 0.6) is 0 Å². The Hall–Kier alpha value is -3.44. The Bertz CT molecular complexity index is 1460. The monoisotopic (exact) mass is 451 g/mol. The van der Waals surface area contributed by atoms with Gasteiger partial charge < -0.3 is 15.0 Å². The molecule has 156 valence electrons. The van der Waals surface area contributed by atoms with E-state index >= 15 is 0 Å². The smallest absolute Gasteiger partial charge is 0.357 e. The van der Waals surface area contributed by atoms with Gasteiger partial charge in [-0.1, -0.05) is 6.07 Å². The summed E-state index contributed by atoms with van der Waals surface area (Å²) in [5.74, 6) is -0.848. The van der Waals surface area contributed by atoms with Gasteiger partial charge in [-0.2, -0.15) is 22.1 Å². The highest BCUT2D eigenvalue weighted by Gasteiger charge is 2.24. The van der Waals surface area contributed by atoms with Crippen LogP contribution < -0.4 is 5.73 Å². The lowest BCUT2D eigenvalue weighted by atomic mass is 10.1. The van der Waals surface area contributed by atoms with E-state index in [4.69, 9.17) is 5.73 Å². The molecule has 2 aromatic carbocycles. The largest absolute Gasteiger partial charge is 0.464 e. The Morgan fingerprint density at radius 3 is 2.33 bits per heavy atom. The highest BCUT2D eigenvalue weighted by molar-refractivity contribution is 7.86. The van der Waals surface area contributed by atoms with Crippen molar-refractivity contribution < 1.29 is 35.5 Å². The Labute approximate surface area is 170 Å². The molecule has 1 heterocycles. The molecule has 0 saturated carbocycles. The lowest BCUT2D eigenvalue weighted by molar-refractivity contribution is 0.0593. The molecule has 0 aliphatic carbocycles. The van der Waals surface area contributed by atoms with Crippen molar-refractivity contribution in [3.05, 3.63) is 47.8 Å². The first-order valence-corrected chi connectivity index (χ1v) is 10.8. The Balaban J connectivity index is 2.40. The number of carbonyl (C=O) groups excluding carboxylic acids is 1. The van der Waals surface area contributed by atoms with Gasteiger partial charge in [0, 0.05) is 17.3 Å². The number of hydrogen-bond donors (Lipinski definition) is 3. The van der Waals surface area contributed by atoms with E-state index in [2.05, 4.69) is 4.74 Å². The predicted molar refractivity (Wildman–Crippen MR) is 103 cm³/mol. The van der Waals surface area contributed by atoms with Crippen molar-refractivity contribution in [2.45, 2.75) is 9.79 Å². The van der Waals surface area contributed by atoms with Crippen molar-refractivity contribution in [3.8, 4) is 11.8 Å². The second kappa shape index (κ2) is 7.11. The molecular formula is C17H13N3O8S2. The number of nitriles is 1. The molecule has 0 bridgehead atoms. The third-order valence-electron chi connectivity index (χ3n) is 4.27. The normalized spacial score (nSPS) is 11.9. The van der Waals surface area contributed by atoms with E-state index in [0.29, 0.717) is 6.07 Å². The number of esters is 1. The zero-order valence-corrected chi connectivity index (χ0v) is 16.7. The van der Waals surface area contributed by atoms with Crippen molar-refractivity contribution in [3.63, 3.8) is 0 Å². The maximum atomic E-state index is 12.1. The average molecular weight is 451 g/mol. The van der Waals surface area contributed by atoms with Crippen LogP contribution in [0.15, 0.2) is 46.3 Å². The highest BCUT2D eigenvalue weighted by Crippen LogP contribution is 2.31. The third-order valence-corrected chi connectivity index (χ3v) is 5.99. The molecule has 0 unspecified atom stereocenters. The van der Waals surface area contributed by atoms with Crippen LogP contribution in [0, 0.1) is 11.3 Å².